The molecule has 1 aliphatic heterocycles. The van der Waals surface area contributed by atoms with Crippen LogP contribution >= 0.6 is 0 Å². The summed E-state index contributed by atoms with van der Waals surface area (Å²) in [5, 5.41) is 8.67. The van der Waals surface area contributed by atoms with Gasteiger partial charge in [0.05, 0.1) is 16.9 Å². The fourth-order valence-electron chi connectivity index (χ4n) is 4.04. The van der Waals surface area contributed by atoms with Crippen molar-refractivity contribution in [1.29, 1.82) is 0 Å². The SMILES string of the molecule is CN1CCN(Cc2ccc(/C=C/c3n[nH]c4cc(-c5ccnc(N)n5)ccc34)cc2)CC1. The van der Waals surface area contributed by atoms with Gasteiger partial charge in [-0.3, -0.25) is 10.00 Å². The Balaban J connectivity index is 1.28. The van der Waals surface area contributed by atoms with E-state index in [1.165, 1.54) is 5.56 Å². The summed E-state index contributed by atoms with van der Waals surface area (Å²) in [4.78, 5) is 13.2. The van der Waals surface area contributed by atoms with E-state index >= 15 is 0 Å². The summed E-state index contributed by atoms with van der Waals surface area (Å²) < 4.78 is 0. The van der Waals surface area contributed by atoms with Crippen molar-refractivity contribution in [3.8, 4) is 11.3 Å². The monoisotopic (exact) mass is 425 g/mol. The molecule has 2 aromatic heterocycles. The zero-order valence-corrected chi connectivity index (χ0v) is 18.2. The topological polar surface area (TPSA) is 87.0 Å². The minimum absolute atomic E-state index is 0.269. The molecule has 0 radical (unpaired) electrons. The summed E-state index contributed by atoms with van der Waals surface area (Å²) in [6.45, 7) is 5.58. The van der Waals surface area contributed by atoms with Gasteiger partial charge in [0.25, 0.3) is 0 Å². The standard InChI is InChI=1S/C25H27N7/c1-31-12-14-32(15-13-31)17-19-4-2-18(3-5-19)6-9-23-21-8-7-20(16-24(21)30-29-23)22-10-11-27-25(26)28-22/h2-11,16H,12-15,17H2,1H3,(H,29,30)(H2,26,27,28)/b9-6+. The molecule has 1 fully saturated rings. The molecule has 7 nitrogen and oxygen atoms in total. The molecule has 0 spiro atoms. The van der Waals surface area contributed by atoms with Gasteiger partial charge in [-0.25, -0.2) is 9.97 Å². The first-order valence-corrected chi connectivity index (χ1v) is 10.9. The van der Waals surface area contributed by atoms with Crippen LogP contribution in [0, 0.1) is 0 Å². The van der Waals surface area contributed by atoms with Gasteiger partial charge < -0.3 is 10.6 Å². The summed E-state index contributed by atoms with van der Waals surface area (Å²) in [5.74, 6) is 0.269. The average Bonchev–Trinajstić information content (AvgIpc) is 3.22. The first-order chi connectivity index (χ1) is 15.6. The first kappa shape index (κ1) is 20.4. The number of likely N-dealkylation sites (N-methyl/N-ethyl adjacent to an activating group) is 1. The van der Waals surface area contributed by atoms with Crippen LogP contribution in [0.2, 0.25) is 0 Å². The minimum atomic E-state index is 0.269. The van der Waals surface area contributed by atoms with Crippen molar-refractivity contribution in [2.24, 2.45) is 0 Å². The van der Waals surface area contributed by atoms with Crippen LogP contribution in [0.3, 0.4) is 0 Å². The number of anilines is 1. The molecule has 2 aromatic carbocycles. The number of aromatic amines is 1. The summed E-state index contributed by atoms with van der Waals surface area (Å²) in [6.07, 6.45) is 5.82. The molecule has 0 bridgehead atoms. The van der Waals surface area contributed by atoms with E-state index in [2.05, 4.69) is 79.5 Å². The number of hydrogen-bond donors (Lipinski definition) is 2. The van der Waals surface area contributed by atoms with Gasteiger partial charge in [0, 0.05) is 49.9 Å². The van der Waals surface area contributed by atoms with E-state index in [1.54, 1.807) is 6.20 Å². The Bertz CT molecular complexity index is 1230. The highest BCUT2D eigenvalue weighted by molar-refractivity contribution is 5.91. The fourth-order valence-corrected chi connectivity index (χ4v) is 4.04. The van der Waals surface area contributed by atoms with E-state index in [9.17, 15) is 0 Å². The molecule has 0 unspecified atom stereocenters. The summed E-state index contributed by atoms with van der Waals surface area (Å²) in [7, 11) is 2.19. The van der Waals surface area contributed by atoms with Gasteiger partial charge in [0.15, 0.2) is 0 Å². The first-order valence-electron chi connectivity index (χ1n) is 10.9. The van der Waals surface area contributed by atoms with Gasteiger partial charge in [-0.1, -0.05) is 36.4 Å². The van der Waals surface area contributed by atoms with E-state index in [0.29, 0.717) is 0 Å². The lowest BCUT2D eigenvalue weighted by Crippen LogP contribution is -2.43. The summed E-state index contributed by atoms with van der Waals surface area (Å²) >= 11 is 0. The lowest BCUT2D eigenvalue weighted by molar-refractivity contribution is 0.148. The van der Waals surface area contributed by atoms with Crippen molar-refractivity contribution in [2.75, 3.05) is 39.0 Å². The lowest BCUT2D eigenvalue weighted by Gasteiger charge is -2.32. The number of H-pyrrole nitrogens is 1. The van der Waals surface area contributed by atoms with Crippen LogP contribution in [-0.4, -0.2) is 63.2 Å². The second-order valence-electron chi connectivity index (χ2n) is 8.32. The third-order valence-electron chi connectivity index (χ3n) is 5.98. The number of benzene rings is 2. The van der Waals surface area contributed by atoms with Gasteiger partial charge in [0.2, 0.25) is 5.95 Å². The molecule has 0 saturated carbocycles. The molecular formula is C25H27N7. The Morgan fingerprint density at radius 3 is 2.59 bits per heavy atom. The zero-order chi connectivity index (χ0) is 21.9. The second-order valence-corrected chi connectivity index (χ2v) is 8.32. The van der Waals surface area contributed by atoms with E-state index in [-0.39, 0.29) is 5.95 Å². The number of aromatic nitrogens is 4. The third kappa shape index (κ3) is 4.54. The summed E-state index contributed by atoms with van der Waals surface area (Å²) in [6, 6.07) is 16.8. The number of nitrogens with two attached hydrogens (primary N) is 1. The molecule has 5 rings (SSSR count). The Morgan fingerprint density at radius 1 is 1.00 bits per heavy atom. The highest BCUT2D eigenvalue weighted by Crippen LogP contribution is 2.25. The number of nitrogens with one attached hydrogen (secondary N) is 1. The molecule has 7 heteroatoms. The minimum Gasteiger partial charge on any atom is -0.368 e. The molecule has 32 heavy (non-hydrogen) atoms. The molecule has 4 aromatic rings. The third-order valence-corrected chi connectivity index (χ3v) is 5.98. The molecule has 162 valence electrons. The van der Waals surface area contributed by atoms with Crippen molar-refractivity contribution in [1.82, 2.24) is 30.0 Å². The predicted octanol–water partition coefficient (Wildman–Crippen LogP) is 3.52. The molecule has 0 amide bonds. The highest BCUT2D eigenvalue weighted by Gasteiger charge is 2.13. The fraction of sp³-hybridized carbons (Fsp3) is 0.240. The van der Waals surface area contributed by atoms with Gasteiger partial charge in [0.1, 0.15) is 0 Å². The Labute approximate surface area is 187 Å². The normalized spacial score (nSPS) is 15.7. The predicted molar refractivity (Wildman–Crippen MR) is 130 cm³/mol. The maximum Gasteiger partial charge on any atom is 0.220 e. The van der Waals surface area contributed by atoms with E-state index < -0.39 is 0 Å². The smallest absolute Gasteiger partial charge is 0.220 e. The molecule has 0 atom stereocenters. The maximum absolute atomic E-state index is 5.71. The Morgan fingerprint density at radius 2 is 1.81 bits per heavy atom. The Hall–Kier alpha value is -3.55. The van der Waals surface area contributed by atoms with Crippen molar-refractivity contribution in [3.63, 3.8) is 0 Å². The number of fused-ring (bicyclic) bond motifs is 1. The molecule has 3 heterocycles. The zero-order valence-electron chi connectivity index (χ0n) is 18.2. The number of hydrogen-bond acceptors (Lipinski definition) is 6. The van der Waals surface area contributed by atoms with Gasteiger partial charge in [-0.05, 0) is 42.4 Å². The molecule has 3 N–H and O–H groups in total. The second kappa shape index (κ2) is 8.90. The van der Waals surface area contributed by atoms with Crippen LogP contribution in [0.25, 0.3) is 34.3 Å². The van der Waals surface area contributed by atoms with Crippen LogP contribution in [-0.2, 0) is 6.54 Å². The van der Waals surface area contributed by atoms with Crippen molar-refractivity contribution < 1.29 is 0 Å². The van der Waals surface area contributed by atoms with Gasteiger partial charge >= 0.3 is 0 Å². The van der Waals surface area contributed by atoms with E-state index in [0.717, 1.165) is 66.1 Å². The molecular weight excluding hydrogens is 398 g/mol. The summed E-state index contributed by atoms with van der Waals surface area (Å²) in [5.41, 5.74) is 11.9. The van der Waals surface area contributed by atoms with E-state index in [4.69, 9.17) is 5.73 Å². The lowest BCUT2D eigenvalue weighted by atomic mass is 10.1. The maximum atomic E-state index is 5.71. The van der Waals surface area contributed by atoms with Crippen LogP contribution in [0.5, 0.6) is 0 Å². The van der Waals surface area contributed by atoms with Gasteiger partial charge in [-0.15, -0.1) is 0 Å². The quantitative estimate of drug-likeness (QED) is 0.509. The van der Waals surface area contributed by atoms with Crippen LogP contribution < -0.4 is 5.73 Å². The molecule has 1 aliphatic rings. The number of piperazine rings is 1. The van der Waals surface area contributed by atoms with Crippen molar-refractivity contribution in [2.45, 2.75) is 6.54 Å². The van der Waals surface area contributed by atoms with Crippen molar-refractivity contribution in [3.05, 3.63) is 71.5 Å². The average molecular weight is 426 g/mol. The van der Waals surface area contributed by atoms with Crippen LogP contribution in [0.1, 0.15) is 16.8 Å². The number of rotatable bonds is 5. The largest absolute Gasteiger partial charge is 0.368 e. The highest BCUT2D eigenvalue weighted by atomic mass is 15.2. The number of nitrogen functional groups attached to an aromatic ring is 1. The van der Waals surface area contributed by atoms with Gasteiger partial charge in [-0.2, -0.15) is 5.10 Å². The van der Waals surface area contributed by atoms with Crippen LogP contribution in [0.15, 0.2) is 54.7 Å². The molecule has 1 saturated heterocycles. The van der Waals surface area contributed by atoms with Crippen LogP contribution in [0.4, 0.5) is 5.95 Å². The van der Waals surface area contributed by atoms with Crippen molar-refractivity contribution >= 4 is 29.0 Å². The van der Waals surface area contributed by atoms with E-state index in [1.807, 2.05) is 18.2 Å². The Kier molecular flexibility index (Phi) is 5.66. The number of nitrogens with zero attached hydrogens (tertiary/aromatic N) is 5. The molecule has 0 aliphatic carbocycles.